The maximum atomic E-state index is 2.51. The van der Waals surface area contributed by atoms with E-state index in [1.54, 1.807) is 5.56 Å². The van der Waals surface area contributed by atoms with E-state index in [1.165, 1.54) is 163 Å². The summed E-state index contributed by atoms with van der Waals surface area (Å²) in [4.78, 5) is 2.51. The second-order valence-corrected chi connectivity index (χ2v) is 19.8. The minimum Gasteiger partial charge on any atom is -0.310 e. The molecule has 0 heterocycles. The lowest BCUT2D eigenvalue weighted by Crippen LogP contribution is -2.17. The van der Waals surface area contributed by atoms with Crippen LogP contribution in [0.2, 0.25) is 0 Å². The molecule has 59 heavy (non-hydrogen) atoms. The van der Waals surface area contributed by atoms with Crippen LogP contribution in [0, 0.1) is 11.8 Å². The third-order valence-corrected chi connectivity index (χ3v) is 16.0. The molecule has 2 bridgehead atoms. The molecule has 4 fully saturated rings. The van der Waals surface area contributed by atoms with Gasteiger partial charge in [-0.15, -0.1) is 0 Å². The van der Waals surface area contributed by atoms with Gasteiger partial charge in [-0.25, -0.2) is 0 Å². The van der Waals surface area contributed by atoms with E-state index < -0.39 is 0 Å². The zero-order chi connectivity index (χ0) is 39.5. The van der Waals surface area contributed by atoms with Crippen LogP contribution < -0.4 is 4.90 Å². The number of hydrogen-bond acceptors (Lipinski definition) is 1. The van der Waals surface area contributed by atoms with Crippen LogP contribution in [0.4, 0.5) is 17.1 Å². The number of nitrogens with zero attached hydrogens (tertiary/aromatic N) is 1. The third-order valence-electron chi connectivity index (χ3n) is 16.0. The molecule has 4 saturated carbocycles. The summed E-state index contributed by atoms with van der Waals surface area (Å²) in [6.07, 6.45) is 19.3. The van der Waals surface area contributed by atoms with Crippen molar-refractivity contribution >= 4 is 17.1 Å². The average Bonchev–Trinajstić information content (AvgIpc) is 4.00. The first kappa shape index (κ1) is 37.1. The van der Waals surface area contributed by atoms with E-state index >= 15 is 0 Å². The lowest BCUT2D eigenvalue weighted by atomic mass is 9.81. The maximum absolute atomic E-state index is 2.51. The van der Waals surface area contributed by atoms with E-state index in [1.807, 2.05) is 0 Å². The van der Waals surface area contributed by atoms with Crippen LogP contribution in [0.5, 0.6) is 0 Å². The second-order valence-electron chi connectivity index (χ2n) is 19.8. The molecule has 0 radical (unpaired) electrons. The van der Waals surface area contributed by atoms with Crippen molar-refractivity contribution in [2.45, 2.75) is 127 Å². The Bertz CT molecular complexity index is 2440. The third kappa shape index (κ3) is 6.87. The molecule has 0 amide bonds. The number of rotatable bonds is 8. The summed E-state index contributed by atoms with van der Waals surface area (Å²) in [6.45, 7) is 4.87. The number of benzene rings is 6. The summed E-state index contributed by atoms with van der Waals surface area (Å²) in [5.41, 5.74) is 19.0. The SMILES string of the molecule is CC1(C)c2cc(-c3ccc(C4CCCCC4)cc3)ccc2-c2ccc(N(c3ccc(-c4cccc(C5CCCCC5)c4)cc3)c3ccc(C4CC5CCC4C5)cc3)cc21. The Morgan fingerprint density at radius 2 is 0.966 bits per heavy atom. The fourth-order valence-corrected chi connectivity index (χ4v) is 12.6. The van der Waals surface area contributed by atoms with Crippen LogP contribution in [0.3, 0.4) is 0 Å². The van der Waals surface area contributed by atoms with Crippen molar-refractivity contribution in [3.05, 3.63) is 161 Å². The van der Waals surface area contributed by atoms with Gasteiger partial charge in [0, 0.05) is 22.5 Å². The lowest BCUT2D eigenvalue weighted by Gasteiger charge is -2.29. The quantitative estimate of drug-likeness (QED) is 0.149. The van der Waals surface area contributed by atoms with Crippen molar-refractivity contribution in [3.8, 4) is 33.4 Å². The molecule has 1 heteroatoms. The van der Waals surface area contributed by atoms with Crippen molar-refractivity contribution in [2.75, 3.05) is 4.90 Å². The van der Waals surface area contributed by atoms with Gasteiger partial charge in [0.1, 0.15) is 0 Å². The summed E-state index contributed by atoms with van der Waals surface area (Å²) in [7, 11) is 0. The Hall–Kier alpha value is -4.88. The van der Waals surface area contributed by atoms with Gasteiger partial charge in [-0.3, -0.25) is 0 Å². The molecule has 0 spiro atoms. The largest absolute Gasteiger partial charge is 0.310 e. The topological polar surface area (TPSA) is 3.24 Å². The molecule has 11 rings (SSSR count). The second kappa shape index (κ2) is 15.3. The van der Waals surface area contributed by atoms with Crippen molar-refractivity contribution in [3.63, 3.8) is 0 Å². The van der Waals surface area contributed by atoms with Crippen LogP contribution >= 0.6 is 0 Å². The molecule has 6 aromatic carbocycles. The molecule has 5 aliphatic rings. The molecule has 0 saturated heterocycles. The summed E-state index contributed by atoms with van der Waals surface area (Å²) in [5, 5.41) is 0. The molecule has 3 unspecified atom stereocenters. The van der Waals surface area contributed by atoms with Gasteiger partial charge >= 0.3 is 0 Å². The highest BCUT2D eigenvalue weighted by Gasteiger charge is 2.40. The van der Waals surface area contributed by atoms with Gasteiger partial charge in [0.25, 0.3) is 0 Å². The molecule has 6 aromatic rings. The van der Waals surface area contributed by atoms with Crippen molar-refractivity contribution in [1.82, 2.24) is 0 Å². The Balaban J connectivity index is 0.925. The van der Waals surface area contributed by atoms with Crippen LogP contribution in [0.1, 0.15) is 149 Å². The van der Waals surface area contributed by atoms with Crippen LogP contribution in [-0.4, -0.2) is 0 Å². The fourth-order valence-electron chi connectivity index (χ4n) is 12.6. The molecular weight excluding hydrogens is 711 g/mol. The fraction of sp³-hybridized carbons (Fsp3) is 0.379. The first-order valence-corrected chi connectivity index (χ1v) is 23.5. The highest BCUT2D eigenvalue weighted by molar-refractivity contribution is 5.87. The molecule has 5 aliphatic carbocycles. The Labute approximate surface area is 353 Å². The molecule has 298 valence electrons. The smallest absolute Gasteiger partial charge is 0.0465 e. The van der Waals surface area contributed by atoms with Crippen LogP contribution in [0.15, 0.2) is 133 Å². The van der Waals surface area contributed by atoms with Gasteiger partial charge in [0.05, 0.1) is 0 Å². The predicted octanol–water partition coefficient (Wildman–Crippen LogP) is 16.8. The van der Waals surface area contributed by atoms with Crippen LogP contribution in [-0.2, 0) is 5.41 Å². The Morgan fingerprint density at radius 3 is 1.61 bits per heavy atom. The van der Waals surface area contributed by atoms with E-state index in [9.17, 15) is 0 Å². The van der Waals surface area contributed by atoms with Gasteiger partial charge in [-0.05, 0) is 178 Å². The molecule has 3 atom stereocenters. The number of fused-ring (bicyclic) bond motifs is 5. The molecule has 0 N–H and O–H groups in total. The van der Waals surface area contributed by atoms with E-state index in [0.717, 1.165) is 23.7 Å². The van der Waals surface area contributed by atoms with Gasteiger partial charge in [-0.1, -0.05) is 150 Å². The lowest BCUT2D eigenvalue weighted by molar-refractivity contribution is 0.420. The summed E-state index contributed by atoms with van der Waals surface area (Å²) in [5.74, 6) is 4.01. The monoisotopic (exact) mass is 771 g/mol. The van der Waals surface area contributed by atoms with Crippen molar-refractivity contribution < 1.29 is 0 Å². The van der Waals surface area contributed by atoms with Crippen molar-refractivity contribution in [2.24, 2.45) is 11.8 Å². The first-order valence-electron chi connectivity index (χ1n) is 23.5. The van der Waals surface area contributed by atoms with E-state index in [0.29, 0.717) is 5.92 Å². The highest BCUT2D eigenvalue weighted by Crippen LogP contribution is 2.54. The van der Waals surface area contributed by atoms with Gasteiger partial charge < -0.3 is 4.90 Å². The summed E-state index contributed by atoms with van der Waals surface area (Å²) < 4.78 is 0. The zero-order valence-electron chi connectivity index (χ0n) is 35.4. The molecule has 0 aromatic heterocycles. The minimum absolute atomic E-state index is 0.122. The predicted molar refractivity (Wildman–Crippen MR) is 249 cm³/mol. The molecule has 0 aliphatic heterocycles. The van der Waals surface area contributed by atoms with Gasteiger partial charge in [0.2, 0.25) is 0 Å². The van der Waals surface area contributed by atoms with E-state index in [-0.39, 0.29) is 5.41 Å². The number of hydrogen-bond donors (Lipinski definition) is 0. The molecule has 1 nitrogen and oxygen atoms in total. The maximum Gasteiger partial charge on any atom is 0.0465 e. The zero-order valence-corrected chi connectivity index (χ0v) is 35.4. The molecular formula is C58H61N. The van der Waals surface area contributed by atoms with Gasteiger partial charge in [-0.2, -0.15) is 0 Å². The normalized spacial score (nSPS) is 22.3. The summed E-state index contributed by atoms with van der Waals surface area (Å²) >= 11 is 0. The van der Waals surface area contributed by atoms with E-state index in [2.05, 4.69) is 152 Å². The van der Waals surface area contributed by atoms with Gasteiger partial charge in [0.15, 0.2) is 0 Å². The minimum atomic E-state index is -0.122. The van der Waals surface area contributed by atoms with Crippen molar-refractivity contribution in [1.29, 1.82) is 0 Å². The van der Waals surface area contributed by atoms with E-state index in [4.69, 9.17) is 0 Å². The standard InChI is InChI=1S/C58H61N/c1-58(2)56-37-48(43-20-18-42(19-21-43)40-10-5-3-6-11-40)26-32-53(56)54-33-31-52(38-57(54)58)59(51-29-24-45(25-30-51)55-35-39-16-17-49(55)34-39)50-27-22-44(23-28-50)47-15-9-14-46(36-47)41-12-7-4-8-13-41/h9,14-15,18-33,36-41,49,55H,3-8,10-13,16-17,34-35H2,1-2H3. The summed E-state index contributed by atoms with van der Waals surface area (Å²) in [6, 6.07) is 52.6. The van der Waals surface area contributed by atoms with Crippen LogP contribution in [0.25, 0.3) is 33.4 Å². The Kier molecular flexibility index (Phi) is 9.63. The average molecular weight is 772 g/mol. The first-order chi connectivity index (χ1) is 29.0. The highest BCUT2D eigenvalue weighted by atomic mass is 15.1. The number of anilines is 3. The Morgan fingerprint density at radius 1 is 0.424 bits per heavy atom.